The third-order valence-electron chi connectivity index (χ3n) is 12.5. The van der Waals surface area contributed by atoms with Crippen LogP contribution in [0, 0.1) is 29.5 Å². The molecule has 0 radical (unpaired) electrons. The van der Waals surface area contributed by atoms with Gasteiger partial charge in [0.2, 0.25) is 17.7 Å². The number of anilines is 2. The molecule has 10 rings (SSSR count). The summed E-state index contributed by atoms with van der Waals surface area (Å²) >= 11 is 12.6. The van der Waals surface area contributed by atoms with E-state index in [2.05, 4.69) is 15.4 Å². The molecule has 62 heavy (non-hydrogen) atoms. The summed E-state index contributed by atoms with van der Waals surface area (Å²) in [6.07, 6.45) is -2.61. The van der Waals surface area contributed by atoms with E-state index in [1.54, 1.807) is 48.5 Å². The second-order valence-corrected chi connectivity index (χ2v) is 16.5. The van der Waals surface area contributed by atoms with Crippen molar-refractivity contribution < 1.29 is 46.3 Å². The summed E-state index contributed by atoms with van der Waals surface area (Å²) in [5, 5.41) is 10.7. The molecule has 6 unspecified atom stereocenters. The molecular formula is C45H29Cl2F4N5O6. The number of alkyl halides is 3. The number of hydrazine groups is 1. The van der Waals surface area contributed by atoms with Crippen molar-refractivity contribution in [1.82, 2.24) is 15.0 Å². The number of nitrogens with zero attached hydrogens (tertiary/aromatic N) is 4. The zero-order valence-electron chi connectivity index (χ0n) is 31.7. The number of fused-ring (bicyclic) bond motifs is 5. The maximum atomic E-state index is 15.5. The molecule has 6 aromatic rings. The Morgan fingerprint density at radius 2 is 1.61 bits per heavy atom. The van der Waals surface area contributed by atoms with Gasteiger partial charge in [-0.1, -0.05) is 65.2 Å². The molecule has 0 bridgehead atoms. The molecule has 2 aliphatic carbocycles. The van der Waals surface area contributed by atoms with Crippen molar-refractivity contribution >= 4 is 69.4 Å². The number of benzene rings is 4. The molecule has 11 nitrogen and oxygen atoms in total. The SMILES string of the molecule is O=C1C2CC3C(=CCC4C(=O)N(c5ccc(-c6nc7ccccc7o6)cc5)C(=O)C43)C(c3ccc(O)c(F)c3)C2(c2ccc(Cl)cc2)C(=O)N1Nc1ncc(C(F)(F)F)cc1Cl. The fraction of sp³-hybridized carbons (Fsp3) is 0.200. The van der Waals surface area contributed by atoms with Crippen LogP contribution in [0.15, 0.2) is 119 Å². The molecule has 2 aromatic heterocycles. The zero-order valence-corrected chi connectivity index (χ0v) is 33.3. The molecule has 6 atom stereocenters. The van der Waals surface area contributed by atoms with Gasteiger partial charge in [0, 0.05) is 22.7 Å². The van der Waals surface area contributed by atoms with Crippen LogP contribution in [0.4, 0.5) is 29.1 Å². The van der Waals surface area contributed by atoms with Gasteiger partial charge in [0.1, 0.15) is 5.52 Å². The van der Waals surface area contributed by atoms with Crippen LogP contribution < -0.4 is 10.3 Å². The van der Waals surface area contributed by atoms with E-state index in [0.29, 0.717) is 56.1 Å². The highest BCUT2D eigenvalue weighted by Crippen LogP contribution is 2.64. The lowest BCUT2D eigenvalue weighted by molar-refractivity contribution is -0.139. The maximum Gasteiger partial charge on any atom is 0.417 e. The molecule has 2 aliphatic heterocycles. The molecule has 4 aliphatic rings. The number of nitrogens with one attached hydrogen (secondary N) is 1. The summed E-state index contributed by atoms with van der Waals surface area (Å²) in [5.74, 6) is -9.69. The van der Waals surface area contributed by atoms with Crippen LogP contribution >= 0.6 is 23.2 Å². The average Bonchev–Trinajstić information content (AvgIpc) is 3.87. The Morgan fingerprint density at radius 3 is 2.31 bits per heavy atom. The van der Waals surface area contributed by atoms with Gasteiger partial charge in [0.25, 0.3) is 11.8 Å². The lowest BCUT2D eigenvalue weighted by Gasteiger charge is -2.50. The number of imide groups is 2. The summed E-state index contributed by atoms with van der Waals surface area (Å²) in [6, 6.07) is 24.2. The lowest BCUT2D eigenvalue weighted by Crippen LogP contribution is -2.53. The van der Waals surface area contributed by atoms with E-state index in [1.165, 1.54) is 18.2 Å². The summed E-state index contributed by atoms with van der Waals surface area (Å²) in [5.41, 5.74) is 2.61. The molecule has 2 N–H and O–H groups in total. The molecule has 3 fully saturated rings. The Bertz CT molecular complexity index is 2890. The second kappa shape index (κ2) is 14.2. The van der Waals surface area contributed by atoms with Crippen LogP contribution in [0.1, 0.15) is 35.4 Å². The Hall–Kier alpha value is -6.58. The van der Waals surface area contributed by atoms with Crippen molar-refractivity contribution in [2.75, 3.05) is 10.3 Å². The van der Waals surface area contributed by atoms with Gasteiger partial charge in [-0.15, -0.1) is 0 Å². The highest BCUT2D eigenvalue weighted by Gasteiger charge is 2.70. The van der Waals surface area contributed by atoms with Crippen molar-refractivity contribution in [3.63, 3.8) is 0 Å². The number of aromatic hydroxyl groups is 1. The first-order valence-electron chi connectivity index (χ1n) is 19.3. The molecular weight excluding hydrogens is 853 g/mol. The number of halogens is 6. The van der Waals surface area contributed by atoms with Crippen LogP contribution in [-0.2, 0) is 30.8 Å². The Morgan fingerprint density at radius 1 is 0.871 bits per heavy atom. The highest BCUT2D eigenvalue weighted by molar-refractivity contribution is 6.33. The second-order valence-electron chi connectivity index (χ2n) is 15.7. The Balaban J connectivity index is 1.07. The number of phenolic OH excluding ortho intramolecular Hbond substituents is 1. The zero-order chi connectivity index (χ0) is 43.4. The number of allylic oxidation sites excluding steroid dienone is 2. The maximum absolute atomic E-state index is 15.5. The third kappa shape index (κ3) is 5.92. The van der Waals surface area contributed by atoms with Gasteiger partial charge in [0.15, 0.2) is 23.0 Å². The van der Waals surface area contributed by atoms with Crippen molar-refractivity contribution in [2.24, 2.45) is 23.7 Å². The number of hydrogen-bond donors (Lipinski definition) is 2. The monoisotopic (exact) mass is 881 g/mol. The van der Waals surface area contributed by atoms with E-state index < -0.39 is 92.8 Å². The number of oxazole rings is 1. The number of rotatable bonds is 6. The van der Waals surface area contributed by atoms with Gasteiger partial charge < -0.3 is 9.52 Å². The Kier molecular flexibility index (Phi) is 9.09. The van der Waals surface area contributed by atoms with E-state index in [-0.39, 0.29) is 24.0 Å². The van der Waals surface area contributed by atoms with Gasteiger partial charge in [-0.05, 0) is 96.6 Å². The van der Waals surface area contributed by atoms with E-state index in [9.17, 15) is 32.7 Å². The Labute approximate surface area is 358 Å². The minimum absolute atomic E-state index is 0.0617. The van der Waals surface area contributed by atoms with Crippen LogP contribution in [0.2, 0.25) is 10.0 Å². The third-order valence-corrected chi connectivity index (χ3v) is 13.1. The number of amides is 4. The number of phenols is 1. The van der Waals surface area contributed by atoms with Gasteiger partial charge in [-0.25, -0.2) is 14.4 Å². The smallest absolute Gasteiger partial charge is 0.417 e. The topological polar surface area (TPSA) is 146 Å². The molecule has 2 saturated heterocycles. The molecule has 4 heterocycles. The molecule has 312 valence electrons. The lowest BCUT2D eigenvalue weighted by atomic mass is 9.49. The summed E-state index contributed by atoms with van der Waals surface area (Å²) in [4.78, 5) is 68.7. The first-order valence-corrected chi connectivity index (χ1v) is 20.1. The van der Waals surface area contributed by atoms with Gasteiger partial charge in [-0.3, -0.25) is 29.5 Å². The highest BCUT2D eigenvalue weighted by atomic mass is 35.5. The first kappa shape index (κ1) is 39.5. The number of aromatic nitrogens is 2. The van der Waals surface area contributed by atoms with E-state index >= 15 is 9.18 Å². The van der Waals surface area contributed by atoms with Crippen LogP contribution in [-0.4, -0.2) is 43.7 Å². The molecule has 0 spiro atoms. The van der Waals surface area contributed by atoms with E-state index in [0.717, 1.165) is 17.0 Å². The number of carbonyl (C=O) groups excluding carboxylic acids is 4. The van der Waals surface area contributed by atoms with Crippen molar-refractivity contribution in [2.45, 2.75) is 30.4 Å². The van der Waals surface area contributed by atoms with Crippen LogP contribution in [0.3, 0.4) is 0 Å². The predicted octanol–water partition coefficient (Wildman–Crippen LogP) is 9.25. The van der Waals surface area contributed by atoms with Gasteiger partial charge in [0.05, 0.1) is 39.4 Å². The largest absolute Gasteiger partial charge is 0.505 e. The molecule has 17 heteroatoms. The van der Waals surface area contributed by atoms with Gasteiger partial charge >= 0.3 is 6.18 Å². The fourth-order valence-corrected chi connectivity index (χ4v) is 10.2. The summed E-state index contributed by atoms with van der Waals surface area (Å²) in [6.45, 7) is 0. The quantitative estimate of drug-likeness (QED) is 0.0950. The summed E-state index contributed by atoms with van der Waals surface area (Å²) < 4.78 is 61.9. The van der Waals surface area contributed by atoms with Gasteiger partial charge in [-0.2, -0.15) is 18.2 Å². The number of para-hydroxylation sites is 2. The van der Waals surface area contributed by atoms with Crippen molar-refractivity contribution in [3.05, 3.63) is 147 Å². The number of hydrogen-bond acceptors (Lipinski definition) is 9. The molecule has 1 saturated carbocycles. The number of pyridine rings is 1. The van der Waals surface area contributed by atoms with Crippen molar-refractivity contribution in [3.8, 4) is 17.2 Å². The van der Waals surface area contributed by atoms with E-state index in [4.69, 9.17) is 27.6 Å². The fourth-order valence-electron chi connectivity index (χ4n) is 9.86. The molecule has 4 amide bonds. The van der Waals surface area contributed by atoms with Crippen LogP contribution in [0.5, 0.6) is 5.75 Å². The van der Waals surface area contributed by atoms with Crippen molar-refractivity contribution in [1.29, 1.82) is 0 Å². The average molecular weight is 883 g/mol. The summed E-state index contributed by atoms with van der Waals surface area (Å²) in [7, 11) is 0. The van der Waals surface area contributed by atoms with Crippen LogP contribution in [0.25, 0.3) is 22.6 Å². The van der Waals surface area contributed by atoms with E-state index in [1.807, 2.05) is 18.2 Å². The predicted molar refractivity (Wildman–Crippen MR) is 217 cm³/mol. The first-order chi connectivity index (χ1) is 29.7. The molecule has 4 aromatic carbocycles. The standard InChI is InChI=1S/C45H29Cl2F4N5O6/c46-25-10-8-23(9-11-25)44-30(41(59)56(43(44)61)54-38-31(47)18-24(20-52-38)45(49,50)51)19-29-27(37(44)22-7-16-34(57)32(48)17-22)14-15-28-36(29)42(60)55(40(28)58)26-12-5-21(6-13-26)39-53-33-3-1-2-4-35(33)62-39/h1-14,16-18,20,28-30,36-37,57H,15,19H2,(H,52,54). The normalized spacial score (nSPS) is 24.6. The number of carbonyl (C=O) groups is 4. The minimum Gasteiger partial charge on any atom is -0.505 e. The minimum atomic E-state index is -4.79.